The lowest BCUT2D eigenvalue weighted by Gasteiger charge is -2.17. The zero-order valence-electron chi connectivity index (χ0n) is 6.66. The molecule has 62 valence electrons. The highest BCUT2D eigenvalue weighted by atomic mass is 16.4. The summed E-state index contributed by atoms with van der Waals surface area (Å²) in [5, 5.41) is 8.73. The van der Waals surface area contributed by atoms with E-state index in [1.807, 2.05) is 24.1 Å². The highest BCUT2D eigenvalue weighted by Crippen LogP contribution is 2.17. The van der Waals surface area contributed by atoms with Crippen LogP contribution in [0.25, 0.3) is 0 Å². The zero-order chi connectivity index (χ0) is 8.27. The van der Waals surface area contributed by atoms with Gasteiger partial charge in [0.25, 0.3) is 0 Å². The summed E-state index contributed by atoms with van der Waals surface area (Å²) in [6.45, 7) is 2.78. The minimum Gasteiger partial charge on any atom is -0.480 e. The third kappa shape index (κ3) is 1.73. The maximum atomic E-state index is 10.6. The van der Waals surface area contributed by atoms with Crippen molar-refractivity contribution in [3.63, 3.8) is 0 Å². The van der Waals surface area contributed by atoms with Crippen LogP contribution >= 0.6 is 0 Å². The largest absolute Gasteiger partial charge is 0.480 e. The number of likely N-dealkylation sites (tertiary alicyclic amines) is 1. The first-order chi connectivity index (χ1) is 5.25. The van der Waals surface area contributed by atoms with Gasteiger partial charge in [0.15, 0.2) is 0 Å². The summed E-state index contributed by atoms with van der Waals surface area (Å²) in [7, 11) is 0. The number of carboxylic acid groups (broad SMARTS) is 1. The van der Waals surface area contributed by atoms with E-state index < -0.39 is 5.97 Å². The summed E-state index contributed by atoms with van der Waals surface area (Å²) in [5.41, 5.74) is 0. The molecule has 1 atom stereocenters. The average molecular weight is 155 g/mol. The fourth-order valence-corrected chi connectivity index (χ4v) is 1.42. The molecule has 0 spiro atoms. The lowest BCUT2D eigenvalue weighted by atomic mass is 10.2. The molecule has 3 heteroatoms. The fraction of sp³-hybridized carbons (Fsp3) is 0.625. The summed E-state index contributed by atoms with van der Waals surface area (Å²) in [5.74, 6) is -0.708. The maximum Gasteiger partial charge on any atom is 0.326 e. The van der Waals surface area contributed by atoms with Crippen LogP contribution in [0.5, 0.6) is 0 Å². The average Bonchev–Trinajstić information content (AvgIpc) is 2.36. The third-order valence-corrected chi connectivity index (χ3v) is 1.92. The van der Waals surface area contributed by atoms with Crippen LogP contribution in [0, 0.1) is 0 Å². The molecule has 11 heavy (non-hydrogen) atoms. The van der Waals surface area contributed by atoms with E-state index in [0.717, 1.165) is 19.4 Å². The predicted molar refractivity (Wildman–Crippen MR) is 42.2 cm³/mol. The first kappa shape index (κ1) is 8.11. The molecular weight excluding hydrogens is 142 g/mol. The van der Waals surface area contributed by atoms with E-state index >= 15 is 0 Å². The Morgan fingerprint density at radius 3 is 3.00 bits per heavy atom. The highest BCUT2D eigenvalue weighted by Gasteiger charge is 2.27. The van der Waals surface area contributed by atoms with Crippen LogP contribution in [-0.4, -0.2) is 28.6 Å². The Bertz CT molecular complexity index is 177. The van der Waals surface area contributed by atoms with Gasteiger partial charge in [-0.1, -0.05) is 6.08 Å². The lowest BCUT2D eigenvalue weighted by molar-refractivity contribution is -0.141. The molecule has 1 aliphatic rings. The maximum absolute atomic E-state index is 10.6. The van der Waals surface area contributed by atoms with Gasteiger partial charge in [-0.25, -0.2) is 4.79 Å². The summed E-state index contributed by atoms with van der Waals surface area (Å²) < 4.78 is 0. The quantitative estimate of drug-likeness (QED) is 0.648. The summed E-state index contributed by atoms with van der Waals surface area (Å²) in [6, 6.07) is -0.286. The van der Waals surface area contributed by atoms with Gasteiger partial charge in [-0.3, -0.25) is 0 Å². The van der Waals surface area contributed by atoms with Crippen LogP contribution in [0.2, 0.25) is 0 Å². The third-order valence-electron chi connectivity index (χ3n) is 1.92. The van der Waals surface area contributed by atoms with Crippen molar-refractivity contribution in [2.75, 3.05) is 6.54 Å². The van der Waals surface area contributed by atoms with Gasteiger partial charge < -0.3 is 10.0 Å². The molecule has 0 aromatic heterocycles. The first-order valence-electron chi connectivity index (χ1n) is 3.87. The fourth-order valence-electron chi connectivity index (χ4n) is 1.42. The van der Waals surface area contributed by atoms with Crippen LogP contribution in [0.15, 0.2) is 12.3 Å². The molecular formula is C8H13NO2. The van der Waals surface area contributed by atoms with Crippen molar-refractivity contribution >= 4 is 5.97 Å². The van der Waals surface area contributed by atoms with Crippen LogP contribution in [0.3, 0.4) is 0 Å². The second-order valence-corrected chi connectivity index (χ2v) is 2.72. The minimum atomic E-state index is -0.708. The molecule has 1 rings (SSSR count). The molecule has 0 saturated carbocycles. The van der Waals surface area contributed by atoms with Crippen molar-refractivity contribution in [1.82, 2.24) is 4.90 Å². The van der Waals surface area contributed by atoms with Crippen molar-refractivity contribution in [1.29, 1.82) is 0 Å². The summed E-state index contributed by atoms with van der Waals surface area (Å²) >= 11 is 0. The Balaban J connectivity index is 2.57. The molecule has 1 unspecified atom stereocenters. The van der Waals surface area contributed by atoms with Crippen molar-refractivity contribution in [3.8, 4) is 0 Å². The van der Waals surface area contributed by atoms with E-state index in [9.17, 15) is 4.79 Å². The number of aliphatic carboxylic acids is 1. The number of hydrogen-bond acceptors (Lipinski definition) is 2. The molecule has 0 aliphatic carbocycles. The van der Waals surface area contributed by atoms with Gasteiger partial charge >= 0.3 is 5.97 Å². The van der Waals surface area contributed by atoms with Crippen molar-refractivity contribution < 1.29 is 9.90 Å². The molecule has 0 aromatic rings. The standard InChI is InChI=1S/C8H13NO2/c1-2-5-9-6-3-4-7(9)8(10)11/h2,5,7H,3-4,6H2,1H3,(H,10,11)/b5-2-. The van der Waals surface area contributed by atoms with Gasteiger partial charge in [-0.05, 0) is 26.0 Å². The Morgan fingerprint density at radius 2 is 2.45 bits per heavy atom. The number of carboxylic acids is 1. The molecule has 0 radical (unpaired) electrons. The smallest absolute Gasteiger partial charge is 0.326 e. The Kier molecular flexibility index (Phi) is 2.52. The minimum absolute atomic E-state index is 0.286. The first-order valence-corrected chi connectivity index (χ1v) is 3.87. The molecule has 0 aromatic carbocycles. The molecule has 1 N–H and O–H groups in total. The van der Waals surface area contributed by atoms with E-state index in [1.54, 1.807) is 0 Å². The van der Waals surface area contributed by atoms with E-state index in [4.69, 9.17) is 5.11 Å². The van der Waals surface area contributed by atoms with E-state index in [2.05, 4.69) is 0 Å². The number of carbonyl (C=O) groups is 1. The zero-order valence-corrected chi connectivity index (χ0v) is 6.66. The monoisotopic (exact) mass is 155 g/mol. The Labute approximate surface area is 66.3 Å². The molecule has 3 nitrogen and oxygen atoms in total. The van der Waals surface area contributed by atoms with Gasteiger partial charge in [0.1, 0.15) is 6.04 Å². The molecule has 1 aliphatic heterocycles. The predicted octanol–water partition coefficient (Wildman–Crippen LogP) is 1.07. The van der Waals surface area contributed by atoms with Crippen molar-refractivity contribution in [2.45, 2.75) is 25.8 Å². The Morgan fingerprint density at radius 1 is 1.73 bits per heavy atom. The summed E-state index contributed by atoms with van der Waals surface area (Å²) in [4.78, 5) is 12.5. The number of rotatable bonds is 2. The Hall–Kier alpha value is -0.990. The number of hydrogen-bond donors (Lipinski definition) is 1. The van der Waals surface area contributed by atoms with Crippen molar-refractivity contribution in [3.05, 3.63) is 12.3 Å². The van der Waals surface area contributed by atoms with Crippen LogP contribution in [0.4, 0.5) is 0 Å². The van der Waals surface area contributed by atoms with Gasteiger partial charge in [0, 0.05) is 6.54 Å². The second kappa shape index (κ2) is 3.42. The van der Waals surface area contributed by atoms with Gasteiger partial charge in [0.2, 0.25) is 0 Å². The van der Waals surface area contributed by atoms with Gasteiger partial charge in [-0.15, -0.1) is 0 Å². The topological polar surface area (TPSA) is 40.5 Å². The summed E-state index contributed by atoms with van der Waals surface area (Å²) in [6.07, 6.45) is 5.49. The normalized spacial score (nSPS) is 24.8. The molecule has 0 bridgehead atoms. The SMILES string of the molecule is C/C=C\N1CCCC1C(=O)O. The lowest BCUT2D eigenvalue weighted by Crippen LogP contribution is -2.31. The van der Waals surface area contributed by atoms with Crippen molar-refractivity contribution in [2.24, 2.45) is 0 Å². The second-order valence-electron chi connectivity index (χ2n) is 2.72. The van der Waals surface area contributed by atoms with E-state index in [1.165, 1.54) is 0 Å². The highest BCUT2D eigenvalue weighted by molar-refractivity contribution is 5.74. The molecule has 1 fully saturated rings. The van der Waals surface area contributed by atoms with E-state index in [-0.39, 0.29) is 6.04 Å². The number of allylic oxidation sites excluding steroid dienone is 1. The van der Waals surface area contributed by atoms with Crippen LogP contribution in [0.1, 0.15) is 19.8 Å². The molecule has 1 saturated heterocycles. The molecule has 1 heterocycles. The van der Waals surface area contributed by atoms with E-state index in [0.29, 0.717) is 0 Å². The van der Waals surface area contributed by atoms with Crippen LogP contribution in [-0.2, 0) is 4.79 Å². The van der Waals surface area contributed by atoms with Crippen LogP contribution < -0.4 is 0 Å². The van der Waals surface area contributed by atoms with Gasteiger partial charge in [-0.2, -0.15) is 0 Å². The molecule has 0 amide bonds. The number of nitrogens with zero attached hydrogens (tertiary/aromatic N) is 1. The van der Waals surface area contributed by atoms with Gasteiger partial charge in [0.05, 0.1) is 0 Å².